The van der Waals surface area contributed by atoms with Crippen LogP contribution in [0.25, 0.3) is 10.3 Å². The Morgan fingerprint density at radius 2 is 2.29 bits per heavy atom. The fraction of sp³-hybridized carbons (Fsp3) is 0.222. The van der Waals surface area contributed by atoms with Gasteiger partial charge in [-0.05, 0) is 12.1 Å². The normalized spacial score (nSPS) is 17.0. The van der Waals surface area contributed by atoms with Crippen molar-refractivity contribution in [3.05, 3.63) is 57.9 Å². The van der Waals surface area contributed by atoms with Crippen molar-refractivity contribution in [3.8, 4) is 0 Å². The van der Waals surface area contributed by atoms with Crippen LogP contribution in [0.15, 0.2) is 41.0 Å². The van der Waals surface area contributed by atoms with E-state index in [2.05, 4.69) is 10.1 Å². The molecule has 4 rings (SSSR count). The quantitative estimate of drug-likeness (QED) is 0.568. The van der Waals surface area contributed by atoms with Crippen molar-refractivity contribution < 1.29 is 9.50 Å². The van der Waals surface area contributed by atoms with Crippen molar-refractivity contribution in [2.75, 3.05) is 6.54 Å². The Labute approximate surface area is 164 Å². The van der Waals surface area contributed by atoms with Gasteiger partial charge in [-0.3, -0.25) is 9.99 Å². The average molecular weight is 399 g/mol. The molecule has 1 aliphatic rings. The second kappa shape index (κ2) is 7.13. The molecule has 0 fully saturated rings. The molecule has 28 heavy (non-hydrogen) atoms. The Morgan fingerprint density at radius 1 is 1.46 bits per heavy atom. The zero-order valence-electron chi connectivity index (χ0n) is 15.0. The summed E-state index contributed by atoms with van der Waals surface area (Å²) >= 11 is 1.54. The van der Waals surface area contributed by atoms with Crippen molar-refractivity contribution in [1.82, 2.24) is 19.5 Å². The summed E-state index contributed by atoms with van der Waals surface area (Å²) in [5, 5.41) is 24.1. The Kier molecular flexibility index (Phi) is 4.65. The van der Waals surface area contributed by atoms with Gasteiger partial charge in [0.25, 0.3) is 0 Å². The van der Waals surface area contributed by atoms with Gasteiger partial charge in [0.2, 0.25) is 0 Å². The molecular weight excluding hydrogens is 381 g/mol. The molecular formula is C18H18FN7OS. The lowest BCUT2D eigenvalue weighted by Crippen LogP contribution is -2.32. The van der Waals surface area contributed by atoms with Crippen LogP contribution in [0.2, 0.25) is 0 Å². The van der Waals surface area contributed by atoms with Crippen molar-refractivity contribution in [1.29, 1.82) is 5.41 Å². The third-order valence-corrected chi connectivity index (χ3v) is 5.62. The number of halogens is 1. The third-order valence-electron chi connectivity index (χ3n) is 4.54. The summed E-state index contributed by atoms with van der Waals surface area (Å²) in [6, 6.07) is 5.77. The zero-order chi connectivity index (χ0) is 19.8. The molecule has 0 amide bonds. The second-order valence-electron chi connectivity index (χ2n) is 6.35. The number of fused-ring (bicyclic) bond motifs is 3. The molecule has 0 aliphatic carbocycles. The van der Waals surface area contributed by atoms with Crippen LogP contribution >= 0.6 is 11.3 Å². The molecule has 10 heteroatoms. The number of aliphatic hydroxyl groups is 1. The summed E-state index contributed by atoms with van der Waals surface area (Å²) in [5.41, 5.74) is 8.57. The number of hydrogen-bond donors (Lipinski definition) is 3. The Bertz CT molecular complexity index is 1100. The standard InChI is InChI=1S/C18H18FN7OS/c1-25-15-11(8-23-26(18(15)27)9-13(21)12(19)7-20)16-17(25)24-14(28-16)6-10-4-2-3-5-22-10/h2-5,7-8,18,20,27H,6,9,21H2,1H3. The van der Waals surface area contributed by atoms with Crippen LogP contribution in [0.1, 0.15) is 28.2 Å². The first-order chi connectivity index (χ1) is 13.5. The van der Waals surface area contributed by atoms with E-state index in [-0.39, 0.29) is 12.2 Å². The Balaban J connectivity index is 1.67. The number of thiazole rings is 1. The fourth-order valence-electron chi connectivity index (χ4n) is 3.15. The van der Waals surface area contributed by atoms with Crippen LogP contribution in [0.5, 0.6) is 0 Å². The number of hydrazone groups is 1. The minimum atomic E-state index is -1.09. The molecule has 0 saturated carbocycles. The number of pyridine rings is 1. The first kappa shape index (κ1) is 18.3. The predicted molar refractivity (Wildman–Crippen MR) is 106 cm³/mol. The summed E-state index contributed by atoms with van der Waals surface area (Å²) in [5.74, 6) is -0.845. The minimum absolute atomic E-state index is 0.129. The smallest absolute Gasteiger partial charge is 0.184 e. The first-order valence-electron chi connectivity index (χ1n) is 8.50. The van der Waals surface area contributed by atoms with Gasteiger partial charge in [0.1, 0.15) is 5.01 Å². The van der Waals surface area contributed by atoms with Gasteiger partial charge >= 0.3 is 0 Å². The highest BCUT2D eigenvalue weighted by Gasteiger charge is 2.30. The summed E-state index contributed by atoms with van der Waals surface area (Å²) in [6.07, 6.45) is 3.45. The van der Waals surface area contributed by atoms with Crippen LogP contribution in [0, 0.1) is 5.41 Å². The molecule has 0 bridgehead atoms. The van der Waals surface area contributed by atoms with E-state index in [4.69, 9.17) is 16.1 Å². The maximum atomic E-state index is 13.5. The number of aromatic nitrogens is 3. The maximum absolute atomic E-state index is 13.5. The molecule has 4 N–H and O–H groups in total. The van der Waals surface area contributed by atoms with E-state index in [0.29, 0.717) is 18.3 Å². The zero-order valence-corrected chi connectivity index (χ0v) is 15.8. The predicted octanol–water partition coefficient (Wildman–Crippen LogP) is 2.05. The highest BCUT2D eigenvalue weighted by atomic mass is 32.1. The highest BCUT2D eigenvalue weighted by molar-refractivity contribution is 7.19. The van der Waals surface area contributed by atoms with E-state index in [1.807, 2.05) is 29.8 Å². The van der Waals surface area contributed by atoms with E-state index in [0.717, 1.165) is 26.6 Å². The van der Waals surface area contributed by atoms with Crippen molar-refractivity contribution in [3.63, 3.8) is 0 Å². The van der Waals surface area contributed by atoms with Gasteiger partial charge in [-0.1, -0.05) is 6.07 Å². The van der Waals surface area contributed by atoms with Gasteiger partial charge in [-0.15, -0.1) is 11.3 Å². The van der Waals surface area contributed by atoms with E-state index < -0.39 is 12.1 Å². The topological polar surface area (TPSA) is 116 Å². The molecule has 3 aromatic rings. The average Bonchev–Trinajstić information content (AvgIpc) is 3.22. The van der Waals surface area contributed by atoms with Gasteiger partial charge in [-0.2, -0.15) is 5.10 Å². The fourth-order valence-corrected chi connectivity index (χ4v) is 4.27. The summed E-state index contributed by atoms with van der Waals surface area (Å²) in [6.45, 7) is -0.129. The summed E-state index contributed by atoms with van der Waals surface area (Å²) < 4.78 is 16.2. The first-order valence-corrected chi connectivity index (χ1v) is 9.32. The number of rotatable bonds is 5. The van der Waals surface area contributed by atoms with E-state index in [1.54, 1.807) is 12.4 Å². The van der Waals surface area contributed by atoms with Gasteiger partial charge < -0.3 is 20.8 Å². The molecule has 0 spiro atoms. The SMILES string of the molecule is Cn1c2c(c3sc(Cc4ccccn4)nc31)C=NN(CC(N)=C(F)C=N)C2O. The second-order valence-corrected chi connectivity index (χ2v) is 7.43. The largest absolute Gasteiger partial charge is 0.398 e. The molecule has 3 aromatic heterocycles. The number of nitrogens with zero attached hydrogens (tertiary/aromatic N) is 5. The Hall–Kier alpha value is -3.11. The van der Waals surface area contributed by atoms with Gasteiger partial charge in [0.15, 0.2) is 17.7 Å². The molecule has 4 heterocycles. The molecule has 1 atom stereocenters. The van der Waals surface area contributed by atoms with E-state index >= 15 is 0 Å². The number of nitrogens with two attached hydrogens (primary N) is 1. The monoisotopic (exact) mass is 399 g/mol. The third kappa shape index (κ3) is 3.06. The van der Waals surface area contributed by atoms with E-state index in [9.17, 15) is 9.50 Å². The lowest BCUT2D eigenvalue weighted by Gasteiger charge is -2.29. The van der Waals surface area contributed by atoms with Crippen LogP contribution in [-0.2, 0) is 13.5 Å². The molecule has 1 unspecified atom stereocenters. The van der Waals surface area contributed by atoms with Gasteiger partial charge in [0.05, 0.1) is 35.1 Å². The minimum Gasteiger partial charge on any atom is -0.398 e. The Morgan fingerprint density at radius 3 is 3.00 bits per heavy atom. The summed E-state index contributed by atoms with van der Waals surface area (Å²) in [7, 11) is 1.82. The highest BCUT2D eigenvalue weighted by Crippen LogP contribution is 2.36. The number of aryl methyl sites for hydroxylation is 1. The van der Waals surface area contributed by atoms with Crippen LogP contribution in [0.4, 0.5) is 4.39 Å². The molecule has 1 aliphatic heterocycles. The molecule has 144 valence electrons. The molecule has 8 nitrogen and oxygen atoms in total. The van der Waals surface area contributed by atoms with Crippen molar-refractivity contribution >= 4 is 34.1 Å². The van der Waals surface area contributed by atoms with Crippen molar-refractivity contribution in [2.24, 2.45) is 17.9 Å². The number of hydrogen-bond acceptors (Lipinski definition) is 8. The van der Waals surface area contributed by atoms with Crippen LogP contribution < -0.4 is 5.73 Å². The molecule has 0 aromatic carbocycles. The van der Waals surface area contributed by atoms with Gasteiger partial charge in [0, 0.05) is 30.9 Å². The van der Waals surface area contributed by atoms with Gasteiger partial charge in [-0.25, -0.2) is 9.37 Å². The summed E-state index contributed by atoms with van der Waals surface area (Å²) in [4.78, 5) is 9.03. The number of allylic oxidation sites excluding steroid dienone is 1. The molecule has 0 saturated heterocycles. The lowest BCUT2D eigenvalue weighted by atomic mass is 10.2. The molecule has 0 radical (unpaired) electrons. The van der Waals surface area contributed by atoms with Crippen molar-refractivity contribution in [2.45, 2.75) is 12.6 Å². The maximum Gasteiger partial charge on any atom is 0.184 e. The van der Waals surface area contributed by atoms with Crippen LogP contribution in [-0.4, -0.2) is 43.6 Å². The lowest BCUT2D eigenvalue weighted by molar-refractivity contribution is 0.00183. The number of aliphatic hydroxyl groups excluding tert-OH is 1. The van der Waals surface area contributed by atoms with E-state index in [1.165, 1.54) is 16.3 Å². The van der Waals surface area contributed by atoms with Crippen LogP contribution in [0.3, 0.4) is 0 Å². The number of nitrogens with one attached hydrogen (secondary N) is 1.